The zero-order valence-corrected chi connectivity index (χ0v) is 24.9. The van der Waals surface area contributed by atoms with Gasteiger partial charge in [-0.15, -0.1) is 0 Å². The molecule has 198 valence electrons. The fourth-order valence-corrected chi connectivity index (χ4v) is 5.58. The third kappa shape index (κ3) is 17.2. The zero-order chi connectivity index (χ0) is 26.4. The summed E-state index contributed by atoms with van der Waals surface area (Å²) in [5, 5.41) is 0. The van der Waals surface area contributed by atoms with Crippen molar-refractivity contribution in [3.63, 3.8) is 0 Å². The topological polar surface area (TPSA) is 172 Å². The minimum Gasteiger partial charge on any atom is -0.321 e. The first-order valence-corrected chi connectivity index (χ1v) is 17.1. The average Bonchev–Trinajstić information content (AvgIpc) is 2.73. The van der Waals surface area contributed by atoms with Crippen LogP contribution in [0, 0.1) is 0 Å². The highest BCUT2D eigenvalue weighted by molar-refractivity contribution is 7.69. The third-order valence-corrected chi connectivity index (χ3v) is 12.2. The molecule has 3 atom stereocenters. The molecule has 0 heterocycles. The molecule has 0 aliphatic rings. The summed E-state index contributed by atoms with van der Waals surface area (Å²) in [5.74, 6) is 0. The molecule has 15 nitrogen and oxygen atoms in total. The molecule has 0 spiro atoms. The standard InChI is InChI=1S/C5H15O9P3.C4H12NO2P.C3H9O3P/c1-9-15(5,6)13-17(8,12-4)14-16(7,10-2)11-3;1-5(2)8(4,6)7-3;1-5-7(3,4)6-2/h1-5H3;1-4H3;1-3H3. The number of nitrogens with zero attached hydrogens (tertiary/aromatic N) is 1. The average molecular weight is 573 g/mol. The lowest BCUT2D eigenvalue weighted by Crippen LogP contribution is -2.07. The van der Waals surface area contributed by atoms with Crippen LogP contribution < -0.4 is 0 Å². The van der Waals surface area contributed by atoms with E-state index in [0.29, 0.717) is 0 Å². The van der Waals surface area contributed by atoms with E-state index in [9.17, 15) is 22.8 Å². The summed E-state index contributed by atoms with van der Waals surface area (Å²) in [4.78, 5) is 0. The Morgan fingerprint density at radius 2 is 0.812 bits per heavy atom. The van der Waals surface area contributed by atoms with E-state index in [2.05, 4.69) is 40.3 Å². The molecule has 0 rings (SSSR count). The molecular weight excluding hydrogens is 537 g/mol. The van der Waals surface area contributed by atoms with Crippen molar-refractivity contribution in [2.45, 2.75) is 0 Å². The van der Waals surface area contributed by atoms with Gasteiger partial charge in [0.2, 0.25) is 0 Å². The molecule has 20 heteroatoms. The van der Waals surface area contributed by atoms with Crippen LogP contribution in [0.25, 0.3) is 0 Å². The Morgan fingerprint density at radius 3 is 0.969 bits per heavy atom. The lowest BCUT2D eigenvalue weighted by molar-refractivity contribution is 0.169. The van der Waals surface area contributed by atoms with Gasteiger partial charge >= 0.3 is 30.8 Å². The molecule has 0 radical (unpaired) electrons. The van der Waals surface area contributed by atoms with Crippen molar-refractivity contribution in [2.75, 3.05) is 83.9 Å². The second-order valence-corrected chi connectivity index (χ2v) is 16.7. The largest absolute Gasteiger partial charge is 0.490 e. The van der Waals surface area contributed by atoms with Crippen LogP contribution in [0.2, 0.25) is 0 Å². The lowest BCUT2D eigenvalue weighted by Gasteiger charge is -2.21. The fourth-order valence-electron chi connectivity index (χ4n) is 0.798. The van der Waals surface area contributed by atoms with Gasteiger partial charge in [-0.25, -0.2) is 18.1 Å². The second kappa shape index (κ2) is 16.4. The van der Waals surface area contributed by atoms with Gasteiger partial charge in [-0.1, -0.05) is 0 Å². The molecule has 0 bridgehead atoms. The maximum Gasteiger partial charge on any atom is 0.490 e. The molecule has 0 N–H and O–H groups in total. The van der Waals surface area contributed by atoms with Crippen molar-refractivity contribution in [3.05, 3.63) is 0 Å². The molecule has 0 aliphatic heterocycles. The summed E-state index contributed by atoms with van der Waals surface area (Å²) in [6.45, 7) is 4.02. The van der Waals surface area contributed by atoms with Gasteiger partial charge in [-0.05, 0) is 14.1 Å². The van der Waals surface area contributed by atoms with E-state index in [1.54, 1.807) is 25.4 Å². The Balaban J connectivity index is -0.000000464. The van der Waals surface area contributed by atoms with Crippen LogP contribution >= 0.6 is 38.4 Å². The van der Waals surface area contributed by atoms with E-state index < -0.39 is 38.4 Å². The molecule has 0 aromatic carbocycles. The van der Waals surface area contributed by atoms with E-state index in [1.165, 1.54) is 28.0 Å². The van der Waals surface area contributed by atoms with Gasteiger partial charge in [-0.2, -0.15) is 4.31 Å². The maximum atomic E-state index is 11.8. The van der Waals surface area contributed by atoms with Crippen molar-refractivity contribution in [1.82, 2.24) is 4.67 Å². The first-order valence-electron chi connectivity index (χ1n) is 8.21. The maximum absolute atomic E-state index is 11.8. The molecule has 0 saturated carbocycles. The number of phosphoric ester groups is 1. The lowest BCUT2D eigenvalue weighted by atomic mass is 11.3. The molecule has 0 aromatic heterocycles. The van der Waals surface area contributed by atoms with Crippen molar-refractivity contribution in [1.29, 1.82) is 0 Å². The van der Waals surface area contributed by atoms with Gasteiger partial charge in [-0.3, -0.25) is 27.3 Å². The van der Waals surface area contributed by atoms with Crippen molar-refractivity contribution < 1.29 is 63.1 Å². The normalized spacial score (nSPS) is 17.7. The van der Waals surface area contributed by atoms with Crippen LogP contribution in [0.15, 0.2) is 0 Å². The van der Waals surface area contributed by atoms with E-state index in [-0.39, 0.29) is 0 Å². The summed E-state index contributed by atoms with van der Waals surface area (Å²) < 4.78 is 98.1. The Morgan fingerprint density at radius 1 is 0.469 bits per heavy atom. The van der Waals surface area contributed by atoms with E-state index in [4.69, 9.17) is 0 Å². The van der Waals surface area contributed by atoms with Crippen LogP contribution in [-0.4, -0.2) is 88.5 Å². The van der Waals surface area contributed by atoms with Gasteiger partial charge in [0, 0.05) is 69.8 Å². The first-order chi connectivity index (χ1) is 14.3. The smallest absolute Gasteiger partial charge is 0.321 e. The minimum absolute atomic E-state index is 0.950. The van der Waals surface area contributed by atoms with Crippen LogP contribution in [0.4, 0.5) is 0 Å². The molecule has 0 amide bonds. The second-order valence-electron chi connectivity index (χ2n) is 5.53. The van der Waals surface area contributed by atoms with E-state index >= 15 is 0 Å². The predicted molar refractivity (Wildman–Crippen MR) is 121 cm³/mol. The molecule has 32 heavy (non-hydrogen) atoms. The van der Waals surface area contributed by atoms with Crippen molar-refractivity contribution in [2.24, 2.45) is 0 Å². The third-order valence-electron chi connectivity index (χ3n) is 3.18. The fraction of sp³-hybridized carbons (Fsp3) is 1.00. The van der Waals surface area contributed by atoms with Gasteiger partial charge in [0.25, 0.3) is 7.52 Å². The molecule has 3 unspecified atom stereocenters. The van der Waals surface area contributed by atoms with Crippen molar-refractivity contribution >= 4 is 38.4 Å². The Kier molecular flexibility index (Phi) is 19.1. The highest BCUT2D eigenvalue weighted by Gasteiger charge is 2.42. The summed E-state index contributed by atoms with van der Waals surface area (Å²) in [6, 6.07) is 0. The number of hydrogen-bond acceptors (Lipinski definition) is 14. The van der Waals surface area contributed by atoms with Gasteiger partial charge in [0.15, 0.2) is 0 Å². The summed E-state index contributed by atoms with van der Waals surface area (Å²) in [6.07, 6.45) is 0. The highest BCUT2D eigenvalue weighted by atomic mass is 31.3. The first kappa shape index (κ1) is 37.3. The molecule has 0 saturated heterocycles. The number of phosphoric acid groups is 2. The van der Waals surface area contributed by atoms with E-state index in [0.717, 1.165) is 35.1 Å². The summed E-state index contributed by atoms with van der Waals surface area (Å²) in [5.41, 5.74) is 0. The van der Waals surface area contributed by atoms with Crippen LogP contribution in [0.5, 0.6) is 0 Å². The Labute approximate surface area is 190 Å². The number of hydrogen-bond donors (Lipinski definition) is 0. The predicted octanol–water partition coefficient (Wildman–Crippen LogP) is 4.76. The van der Waals surface area contributed by atoms with Crippen LogP contribution in [-0.2, 0) is 63.1 Å². The minimum atomic E-state index is -4.39. The van der Waals surface area contributed by atoms with Gasteiger partial charge in [0.1, 0.15) is 0 Å². The number of rotatable bonds is 12. The summed E-state index contributed by atoms with van der Waals surface area (Å²) in [7, 11) is -5.59. The van der Waals surface area contributed by atoms with Gasteiger partial charge < -0.3 is 18.1 Å². The molecule has 0 aliphatic carbocycles. The Bertz CT molecular complexity index is 742. The van der Waals surface area contributed by atoms with Crippen LogP contribution in [0.3, 0.4) is 0 Å². The van der Waals surface area contributed by atoms with E-state index in [1.807, 2.05) is 0 Å². The van der Waals surface area contributed by atoms with Crippen LogP contribution in [0.1, 0.15) is 0 Å². The quantitative estimate of drug-likeness (QED) is 0.292. The monoisotopic (exact) mass is 573 g/mol. The molecule has 0 aromatic rings. The molecular formula is C12H36NO14P5. The highest BCUT2D eigenvalue weighted by Crippen LogP contribution is 2.71. The van der Waals surface area contributed by atoms with Crippen molar-refractivity contribution in [3.8, 4) is 0 Å². The molecule has 0 fully saturated rings. The summed E-state index contributed by atoms with van der Waals surface area (Å²) >= 11 is 0. The Hall–Kier alpha value is 0.750. The zero-order valence-electron chi connectivity index (χ0n) is 20.4. The van der Waals surface area contributed by atoms with Gasteiger partial charge in [0.05, 0.1) is 0 Å². The SMILES string of the molecule is COP(C)(=O)N(C)C.COP(C)(=O)OC.COP(C)(=O)OP(=O)(OC)OP(=O)(OC)OC.